The van der Waals surface area contributed by atoms with Crippen molar-refractivity contribution in [3.8, 4) is 17.2 Å². The lowest BCUT2D eigenvalue weighted by Crippen LogP contribution is -1.92. The van der Waals surface area contributed by atoms with E-state index in [1.54, 1.807) is 12.1 Å². The highest BCUT2D eigenvalue weighted by Crippen LogP contribution is 2.34. The maximum Gasteiger partial charge on any atom is 0.231 e. The van der Waals surface area contributed by atoms with Crippen LogP contribution < -0.4 is 9.47 Å². The van der Waals surface area contributed by atoms with Crippen LogP contribution in [0.4, 0.5) is 0 Å². The second-order valence-electron chi connectivity index (χ2n) is 2.04. The summed E-state index contributed by atoms with van der Waals surface area (Å²) in [6.45, 7) is 2.25. The minimum atomic E-state index is 0.198. The van der Waals surface area contributed by atoms with Crippen LogP contribution in [0.2, 0.25) is 0 Å². The number of benzene rings is 1. The van der Waals surface area contributed by atoms with E-state index in [0.29, 0.717) is 11.5 Å². The average molecular weight is 168 g/mol. The third-order valence-electron chi connectivity index (χ3n) is 1.36. The van der Waals surface area contributed by atoms with Gasteiger partial charge in [-0.15, -0.1) is 0 Å². The molecule has 0 saturated heterocycles. The molecule has 12 heavy (non-hydrogen) atoms. The molecular formula is C8H8O4. The van der Waals surface area contributed by atoms with Gasteiger partial charge >= 0.3 is 0 Å². The SMILES string of the molecule is C=O.Oc1ccc2c(c1)OCO2. The zero-order chi connectivity index (χ0) is 8.97. The molecule has 0 atom stereocenters. The smallest absolute Gasteiger partial charge is 0.231 e. The van der Waals surface area contributed by atoms with Crippen molar-refractivity contribution >= 4 is 6.79 Å². The van der Waals surface area contributed by atoms with Gasteiger partial charge in [-0.25, -0.2) is 0 Å². The Kier molecular flexibility index (Phi) is 2.53. The molecule has 0 unspecified atom stereocenters. The first kappa shape index (κ1) is 8.39. The average Bonchev–Trinajstić information content (AvgIpc) is 2.54. The first-order valence-electron chi connectivity index (χ1n) is 3.24. The lowest BCUT2D eigenvalue weighted by molar-refractivity contribution is -0.0979. The van der Waals surface area contributed by atoms with Crippen molar-refractivity contribution in [2.75, 3.05) is 6.79 Å². The number of carbonyl (C=O) groups is 1. The molecule has 0 spiro atoms. The Morgan fingerprint density at radius 1 is 1.25 bits per heavy atom. The van der Waals surface area contributed by atoms with Crippen LogP contribution in [0.1, 0.15) is 0 Å². The van der Waals surface area contributed by atoms with Gasteiger partial charge in [0.05, 0.1) is 0 Å². The largest absolute Gasteiger partial charge is 0.508 e. The van der Waals surface area contributed by atoms with Gasteiger partial charge in [-0.3, -0.25) is 0 Å². The van der Waals surface area contributed by atoms with Crippen LogP contribution in [0.15, 0.2) is 18.2 Å². The van der Waals surface area contributed by atoms with Crippen molar-refractivity contribution in [2.24, 2.45) is 0 Å². The van der Waals surface area contributed by atoms with Gasteiger partial charge in [-0.1, -0.05) is 0 Å². The van der Waals surface area contributed by atoms with Crippen LogP contribution in [-0.2, 0) is 4.79 Å². The summed E-state index contributed by atoms with van der Waals surface area (Å²) in [4.78, 5) is 8.00. The summed E-state index contributed by atoms with van der Waals surface area (Å²) in [6, 6.07) is 4.77. The van der Waals surface area contributed by atoms with E-state index in [1.807, 2.05) is 6.79 Å². The van der Waals surface area contributed by atoms with Crippen molar-refractivity contribution < 1.29 is 19.4 Å². The van der Waals surface area contributed by atoms with Gasteiger partial charge in [-0.05, 0) is 12.1 Å². The van der Waals surface area contributed by atoms with Crippen LogP contribution >= 0.6 is 0 Å². The first-order valence-corrected chi connectivity index (χ1v) is 3.24. The number of phenolic OH excluding ortho intramolecular Hbond substituents is 1. The number of phenols is 1. The molecule has 1 aromatic carbocycles. The maximum absolute atomic E-state index is 8.96. The van der Waals surface area contributed by atoms with Crippen LogP contribution in [0.25, 0.3) is 0 Å². The van der Waals surface area contributed by atoms with E-state index in [0.717, 1.165) is 0 Å². The van der Waals surface area contributed by atoms with Crippen molar-refractivity contribution in [3.05, 3.63) is 18.2 Å². The molecule has 1 aliphatic heterocycles. The topological polar surface area (TPSA) is 55.8 Å². The molecule has 0 aliphatic carbocycles. The minimum absolute atomic E-state index is 0.198. The molecule has 0 amide bonds. The number of hydrogen-bond donors (Lipinski definition) is 1. The number of rotatable bonds is 0. The molecule has 2 rings (SSSR count). The van der Waals surface area contributed by atoms with Crippen molar-refractivity contribution in [1.82, 2.24) is 0 Å². The Hall–Kier alpha value is -1.71. The van der Waals surface area contributed by atoms with Crippen LogP contribution in [-0.4, -0.2) is 18.7 Å². The predicted octanol–water partition coefficient (Wildman–Crippen LogP) is 0.936. The molecule has 4 heteroatoms. The maximum atomic E-state index is 8.96. The minimum Gasteiger partial charge on any atom is -0.508 e. The molecular weight excluding hydrogens is 160 g/mol. The fourth-order valence-electron chi connectivity index (χ4n) is 0.885. The van der Waals surface area contributed by atoms with Gasteiger partial charge in [0.25, 0.3) is 0 Å². The normalized spacial score (nSPS) is 11.7. The molecule has 0 bridgehead atoms. The van der Waals surface area contributed by atoms with E-state index in [1.165, 1.54) is 6.07 Å². The Morgan fingerprint density at radius 3 is 2.67 bits per heavy atom. The number of hydrogen-bond acceptors (Lipinski definition) is 4. The molecule has 0 radical (unpaired) electrons. The summed E-state index contributed by atoms with van der Waals surface area (Å²) < 4.78 is 10.0. The third-order valence-corrected chi connectivity index (χ3v) is 1.36. The standard InChI is InChI=1S/C7H6O3.CH2O/c8-5-1-2-6-7(3-5)10-4-9-6;1-2/h1-3,8H,4H2;1H2. The summed E-state index contributed by atoms with van der Waals surface area (Å²) >= 11 is 0. The lowest BCUT2D eigenvalue weighted by atomic mass is 10.3. The molecule has 4 nitrogen and oxygen atoms in total. The first-order chi connectivity index (χ1) is 5.86. The quantitative estimate of drug-likeness (QED) is 0.626. The van der Waals surface area contributed by atoms with Crippen LogP contribution in [0.5, 0.6) is 17.2 Å². The third kappa shape index (κ3) is 1.47. The van der Waals surface area contributed by atoms with E-state index in [9.17, 15) is 0 Å². The number of fused-ring (bicyclic) bond motifs is 1. The van der Waals surface area contributed by atoms with E-state index < -0.39 is 0 Å². The van der Waals surface area contributed by atoms with Gasteiger partial charge in [0.15, 0.2) is 11.5 Å². The van der Waals surface area contributed by atoms with Crippen LogP contribution in [0.3, 0.4) is 0 Å². The Bertz CT molecular complexity index is 272. The zero-order valence-electron chi connectivity index (χ0n) is 6.32. The zero-order valence-corrected chi connectivity index (χ0v) is 6.32. The molecule has 0 fully saturated rings. The molecule has 1 heterocycles. The van der Waals surface area contributed by atoms with Crippen LogP contribution in [0, 0.1) is 0 Å². The molecule has 1 aromatic rings. The Labute approximate surface area is 69.3 Å². The summed E-state index contributed by atoms with van der Waals surface area (Å²) in [5.74, 6) is 1.50. The van der Waals surface area contributed by atoms with E-state index >= 15 is 0 Å². The van der Waals surface area contributed by atoms with Crippen molar-refractivity contribution in [1.29, 1.82) is 0 Å². The second-order valence-corrected chi connectivity index (χ2v) is 2.04. The second kappa shape index (κ2) is 3.61. The Balaban J connectivity index is 0.000000336. The summed E-state index contributed by atoms with van der Waals surface area (Å²) in [5, 5.41) is 8.96. The Morgan fingerprint density at radius 2 is 1.92 bits per heavy atom. The highest BCUT2D eigenvalue weighted by Gasteiger charge is 2.12. The summed E-state index contributed by atoms with van der Waals surface area (Å²) in [5.41, 5.74) is 0. The molecule has 64 valence electrons. The number of aromatic hydroxyl groups is 1. The predicted molar refractivity (Wildman–Crippen MR) is 41.4 cm³/mol. The molecule has 1 N–H and O–H groups in total. The van der Waals surface area contributed by atoms with Gasteiger partial charge in [0.2, 0.25) is 6.79 Å². The van der Waals surface area contributed by atoms with Crippen molar-refractivity contribution in [3.63, 3.8) is 0 Å². The highest BCUT2D eigenvalue weighted by molar-refractivity contribution is 5.46. The summed E-state index contributed by atoms with van der Waals surface area (Å²) in [7, 11) is 0. The van der Waals surface area contributed by atoms with Gasteiger partial charge in [0.1, 0.15) is 12.5 Å². The highest BCUT2D eigenvalue weighted by atomic mass is 16.7. The fraction of sp³-hybridized carbons (Fsp3) is 0.125. The van der Waals surface area contributed by atoms with Gasteiger partial charge < -0.3 is 19.4 Å². The molecule has 0 aromatic heterocycles. The van der Waals surface area contributed by atoms with E-state index in [4.69, 9.17) is 19.4 Å². The van der Waals surface area contributed by atoms with Gasteiger partial charge in [0, 0.05) is 6.07 Å². The molecule has 0 saturated carbocycles. The fourth-order valence-corrected chi connectivity index (χ4v) is 0.885. The summed E-state index contributed by atoms with van der Waals surface area (Å²) in [6.07, 6.45) is 0. The van der Waals surface area contributed by atoms with E-state index in [-0.39, 0.29) is 12.5 Å². The van der Waals surface area contributed by atoms with Crippen molar-refractivity contribution in [2.45, 2.75) is 0 Å². The van der Waals surface area contributed by atoms with E-state index in [2.05, 4.69) is 0 Å². The van der Waals surface area contributed by atoms with Gasteiger partial charge in [-0.2, -0.15) is 0 Å². The number of carbonyl (C=O) groups excluding carboxylic acids is 1. The monoisotopic (exact) mass is 168 g/mol. The number of ether oxygens (including phenoxy) is 2. The molecule has 1 aliphatic rings. The lowest BCUT2D eigenvalue weighted by Gasteiger charge is -1.93.